The summed E-state index contributed by atoms with van der Waals surface area (Å²) in [6.07, 6.45) is 0. The number of halogens is 2. The van der Waals surface area contributed by atoms with Crippen LogP contribution in [0.25, 0.3) is 0 Å². The van der Waals surface area contributed by atoms with E-state index >= 15 is 0 Å². The number of aromatic nitrogens is 3. The number of hydrogen-bond donors (Lipinski definition) is 2. The summed E-state index contributed by atoms with van der Waals surface area (Å²) in [6, 6.07) is 10.3. The number of amides is 2. The molecule has 1 aromatic heterocycles. The summed E-state index contributed by atoms with van der Waals surface area (Å²) < 4.78 is 1.80. The molecule has 1 heterocycles. The molecule has 0 saturated heterocycles. The zero-order valence-electron chi connectivity index (χ0n) is 19.6. The molecule has 0 radical (unpaired) electrons. The van der Waals surface area contributed by atoms with Crippen LogP contribution in [0, 0.1) is 19.8 Å². The fourth-order valence-corrected chi connectivity index (χ4v) is 4.32. The molecule has 1 atom stereocenters. The number of rotatable bonds is 8. The summed E-state index contributed by atoms with van der Waals surface area (Å²) in [4.78, 5) is 25.3. The van der Waals surface area contributed by atoms with Crippen molar-refractivity contribution in [2.75, 3.05) is 11.1 Å². The zero-order chi connectivity index (χ0) is 25.0. The first-order chi connectivity index (χ1) is 16.1. The van der Waals surface area contributed by atoms with Crippen molar-refractivity contribution in [1.29, 1.82) is 0 Å². The number of anilines is 1. The van der Waals surface area contributed by atoms with Crippen molar-refractivity contribution in [3.8, 4) is 0 Å². The van der Waals surface area contributed by atoms with Crippen LogP contribution in [-0.4, -0.2) is 32.3 Å². The van der Waals surface area contributed by atoms with Crippen molar-refractivity contribution in [1.82, 2.24) is 20.1 Å². The van der Waals surface area contributed by atoms with E-state index in [2.05, 4.69) is 20.8 Å². The second kappa shape index (κ2) is 11.3. The largest absolute Gasteiger partial charge is 0.342 e. The Labute approximate surface area is 213 Å². The van der Waals surface area contributed by atoms with Crippen LogP contribution in [0.5, 0.6) is 0 Å². The summed E-state index contributed by atoms with van der Waals surface area (Å²) in [5.41, 5.74) is 3.28. The van der Waals surface area contributed by atoms with Gasteiger partial charge in [0.2, 0.25) is 5.91 Å². The Morgan fingerprint density at radius 2 is 1.79 bits per heavy atom. The van der Waals surface area contributed by atoms with E-state index in [0.29, 0.717) is 26.6 Å². The number of nitrogens with zero attached hydrogens (tertiary/aromatic N) is 3. The van der Waals surface area contributed by atoms with E-state index in [1.807, 2.05) is 52.9 Å². The molecule has 10 heteroatoms. The van der Waals surface area contributed by atoms with Gasteiger partial charge in [0.25, 0.3) is 5.91 Å². The topological polar surface area (TPSA) is 88.9 Å². The first kappa shape index (κ1) is 26.1. The normalized spacial score (nSPS) is 12.0. The summed E-state index contributed by atoms with van der Waals surface area (Å²) in [6.45, 7) is 7.91. The molecular formula is C24H27Cl2N5O2S. The van der Waals surface area contributed by atoms with Crippen LogP contribution in [0.1, 0.15) is 47.2 Å². The van der Waals surface area contributed by atoms with Gasteiger partial charge >= 0.3 is 0 Å². The maximum Gasteiger partial charge on any atom is 0.251 e. The Kier molecular flexibility index (Phi) is 8.62. The molecular weight excluding hydrogens is 493 g/mol. The Bertz CT molecular complexity index is 1210. The highest BCUT2D eigenvalue weighted by atomic mass is 35.5. The quantitative estimate of drug-likeness (QED) is 0.378. The van der Waals surface area contributed by atoms with E-state index in [4.69, 9.17) is 23.2 Å². The molecule has 0 saturated carbocycles. The Balaban J connectivity index is 1.68. The minimum atomic E-state index is -0.391. The highest BCUT2D eigenvalue weighted by molar-refractivity contribution is 7.99. The maximum absolute atomic E-state index is 12.8. The first-order valence-electron chi connectivity index (χ1n) is 10.7. The van der Waals surface area contributed by atoms with Crippen molar-refractivity contribution >= 4 is 52.5 Å². The number of benzene rings is 2. The highest BCUT2D eigenvalue weighted by Gasteiger charge is 2.25. The average Bonchev–Trinajstić information content (AvgIpc) is 3.14. The van der Waals surface area contributed by atoms with Crippen LogP contribution in [0.15, 0.2) is 41.6 Å². The van der Waals surface area contributed by atoms with Gasteiger partial charge < -0.3 is 15.2 Å². The molecule has 0 unspecified atom stereocenters. The smallest absolute Gasteiger partial charge is 0.251 e. The van der Waals surface area contributed by atoms with Gasteiger partial charge in [0.15, 0.2) is 11.0 Å². The van der Waals surface area contributed by atoms with Gasteiger partial charge in [-0.25, -0.2) is 0 Å². The molecule has 0 aliphatic heterocycles. The standard InChI is InChI=1S/C24H27Cl2N5O2S/c1-13(2)21(28-23(33)16-8-9-17(25)18(26)11-16)22-29-30-24(31(22)5)34-12-20(32)27-19-10-14(3)6-7-15(19)4/h6-11,13,21H,12H2,1-5H3,(H,27,32)(H,28,33)/t21-/m0/s1. The zero-order valence-corrected chi connectivity index (χ0v) is 22.0. The monoisotopic (exact) mass is 519 g/mol. The third-order valence-electron chi connectivity index (χ3n) is 5.28. The predicted octanol–water partition coefficient (Wildman–Crippen LogP) is 5.60. The lowest BCUT2D eigenvalue weighted by Gasteiger charge is -2.22. The molecule has 2 amide bonds. The third-order valence-corrected chi connectivity index (χ3v) is 7.04. The van der Waals surface area contributed by atoms with Crippen LogP contribution in [0.4, 0.5) is 5.69 Å². The van der Waals surface area contributed by atoms with Crippen molar-refractivity contribution in [2.24, 2.45) is 13.0 Å². The summed E-state index contributed by atoms with van der Waals surface area (Å²) in [5, 5.41) is 15.8. The van der Waals surface area contributed by atoms with Gasteiger partial charge in [-0.05, 0) is 55.2 Å². The molecule has 0 aliphatic carbocycles. The number of carbonyl (C=O) groups is 2. The Hall–Kier alpha value is -2.55. The lowest BCUT2D eigenvalue weighted by molar-refractivity contribution is -0.113. The fourth-order valence-electron chi connectivity index (χ4n) is 3.30. The minimum Gasteiger partial charge on any atom is -0.342 e. The van der Waals surface area contributed by atoms with E-state index in [1.54, 1.807) is 16.7 Å². The van der Waals surface area contributed by atoms with Gasteiger partial charge in [-0.15, -0.1) is 10.2 Å². The van der Waals surface area contributed by atoms with Crippen molar-refractivity contribution in [2.45, 2.75) is 38.9 Å². The van der Waals surface area contributed by atoms with Crippen molar-refractivity contribution in [3.63, 3.8) is 0 Å². The van der Waals surface area contributed by atoms with Gasteiger partial charge in [-0.1, -0.05) is 60.9 Å². The number of carbonyl (C=O) groups excluding carboxylic acids is 2. The van der Waals surface area contributed by atoms with E-state index in [1.165, 1.54) is 17.8 Å². The molecule has 7 nitrogen and oxygen atoms in total. The number of hydrogen-bond acceptors (Lipinski definition) is 5. The fraction of sp³-hybridized carbons (Fsp3) is 0.333. The van der Waals surface area contributed by atoms with E-state index < -0.39 is 6.04 Å². The molecule has 3 rings (SSSR count). The molecule has 34 heavy (non-hydrogen) atoms. The molecule has 3 aromatic rings. The minimum absolute atomic E-state index is 0.0417. The number of thioether (sulfide) groups is 1. The summed E-state index contributed by atoms with van der Waals surface area (Å²) in [7, 11) is 1.82. The number of aryl methyl sites for hydroxylation is 2. The van der Waals surface area contributed by atoms with Gasteiger partial charge in [-0.2, -0.15) is 0 Å². The van der Waals surface area contributed by atoms with Crippen LogP contribution >= 0.6 is 35.0 Å². The lowest BCUT2D eigenvalue weighted by Crippen LogP contribution is -2.33. The molecule has 0 aliphatic rings. The maximum atomic E-state index is 12.8. The van der Waals surface area contributed by atoms with Crippen LogP contribution in [0.2, 0.25) is 10.0 Å². The van der Waals surface area contributed by atoms with Crippen LogP contribution in [-0.2, 0) is 11.8 Å². The number of nitrogens with one attached hydrogen (secondary N) is 2. The van der Waals surface area contributed by atoms with Gasteiger partial charge in [0, 0.05) is 18.3 Å². The Morgan fingerprint density at radius 1 is 1.06 bits per heavy atom. The van der Waals surface area contributed by atoms with Crippen molar-refractivity contribution in [3.05, 3.63) is 69.0 Å². The second-order valence-corrected chi connectivity index (χ2v) is 10.1. The molecule has 0 bridgehead atoms. The van der Waals surface area contributed by atoms with E-state index in [-0.39, 0.29) is 23.5 Å². The van der Waals surface area contributed by atoms with Gasteiger partial charge in [0.05, 0.1) is 21.8 Å². The molecule has 0 spiro atoms. The highest BCUT2D eigenvalue weighted by Crippen LogP contribution is 2.26. The van der Waals surface area contributed by atoms with Gasteiger partial charge in [-0.3, -0.25) is 9.59 Å². The molecule has 2 N–H and O–H groups in total. The van der Waals surface area contributed by atoms with Crippen LogP contribution < -0.4 is 10.6 Å². The summed E-state index contributed by atoms with van der Waals surface area (Å²) in [5.74, 6) is 0.404. The lowest BCUT2D eigenvalue weighted by atomic mass is 10.0. The molecule has 0 fully saturated rings. The van der Waals surface area contributed by atoms with E-state index in [0.717, 1.165) is 16.8 Å². The average molecular weight is 520 g/mol. The van der Waals surface area contributed by atoms with Gasteiger partial charge in [0.1, 0.15) is 0 Å². The summed E-state index contributed by atoms with van der Waals surface area (Å²) >= 11 is 13.3. The predicted molar refractivity (Wildman–Crippen MR) is 138 cm³/mol. The van der Waals surface area contributed by atoms with Crippen LogP contribution in [0.3, 0.4) is 0 Å². The second-order valence-electron chi connectivity index (χ2n) is 8.38. The molecule has 180 valence electrons. The van der Waals surface area contributed by atoms with E-state index in [9.17, 15) is 9.59 Å². The molecule has 2 aromatic carbocycles. The first-order valence-corrected chi connectivity index (χ1v) is 12.5. The third kappa shape index (κ3) is 6.31. The van der Waals surface area contributed by atoms with Crippen molar-refractivity contribution < 1.29 is 9.59 Å². The Morgan fingerprint density at radius 3 is 2.47 bits per heavy atom. The SMILES string of the molecule is Cc1ccc(C)c(NC(=O)CSc2nnc([C@@H](NC(=O)c3ccc(Cl)c(Cl)c3)C(C)C)n2C)c1.